The van der Waals surface area contributed by atoms with E-state index in [1.54, 1.807) is 0 Å². The van der Waals surface area contributed by atoms with Gasteiger partial charge >= 0.3 is 0 Å². The maximum absolute atomic E-state index is 5.71. The minimum atomic E-state index is 0.583. The Bertz CT molecular complexity index is 366. The Labute approximate surface area is 141 Å². The first-order valence-corrected chi connectivity index (χ1v) is 10.2. The zero-order valence-electron chi connectivity index (χ0n) is 14.6. The molecule has 4 aliphatic rings. The highest BCUT2D eigenvalue weighted by Gasteiger charge is 2.37. The van der Waals surface area contributed by atoms with Gasteiger partial charge in [0, 0.05) is 37.8 Å². The molecule has 2 saturated heterocycles. The van der Waals surface area contributed by atoms with Gasteiger partial charge in [0.15, 0.2) is 0 Å². The summed E-state index contributed by atoms with van der Waals surface area (Å²) in [5, 5.41) is 7.74. The molecule has 23 heavy (non-hydrogen) atoms. The predicted octanol–water partition coefficient (Wildman–Crippen LogP) is 2.00. The summed E-state index contributed by atoms with van der Waals surface area (Å²) in [7, 11) is 0. The molecule has 4 rings (SSSR count). The molecule has 0 radical (unpaired) electrons. The van der Waals surface area contributed by atoms with E-state index in [0.29, 0.717) is 12.1 Å². The molecule has 2 aliphatic carbocycles. The first-order valence-electron chi connectivity index (χ1n) is 10.2. The van der Waals surface area contributed by atoms with Crippen molar-refractivity contribution in [3.63, 3.8) is 0 Å². The van der Waals surface area contributed by atoms with Crippen molar-refractivity contribution in [2.75, 3.05) is 39.4 Å². The van der Waals surface area contributed by atoms with Gasteiger partial charge in [-0.15, -0.1) is 0 Å². The number of nitrogens with zero attached hydrogens (tertiary/aromatic N) is 1. The second-order valence-electron chi connectivity index (χ2n) is 8.40. The van der Waals surface area contributed by atoms with Crippen LogP contribution in [-0.4, -0.2) is 62.4 Å². The van der Waals surface area contributed by atoms with Crippen LogP contribution in [0.15, 0.2) is 0 Å². The third kappa shape index (κ3) is 4.09. The van der Waals surface area contributed by atoms with E-state index < -0.39 is 0 Å². The zero-order valence-corrected chi connectivity index (χ0v) is 14.6. The molecule has 0 spiro atoms. The van der Waals surface area contributed by atoms with Crippen molar-refractivity contribution in [3.8, 4) is 0 Å². The highest BCUT2D eigenvalue weighted by Crippen LogP contribution is 2.31. The standard InChI is InChI=1S/C19H35N3O/c1-2-5-15(4-1)12-22-10-8-16(13-22)21-18-7-3-6-17(18)19-14-23-11-9-20-19/h15-21H,1-14H2. The molecule has 132 valence electrons. The monoisotopic (exact) mass is 321 g/mol. The third-order valence-corrected chi connectivity index (χ3v) is 6.75. The van der Waals surface area contributed by atoms with E-state index >= 15 is 0 Å². The van der Waals surface area contributed by atoms with Gasteiger partial charge in [0.1, 0.15) is 0 Å². The van der Waals surface area contributed by atoms with Crippen LogP contribution in [0.25, 0.3) is 0 Å². The van der Waals surface area contributed by atoms with Gasteiger partial charge in [0.05, 0.1) is 13.2 Å². The molecule has 0 aromatic rings. The summed E-state index contributed by atoms with van der Waals surface area (Å²) >= 11 is 0. The summed E-state index contributed by atoms with van der Waals surface area (Å²) in [4.78, 5) is 2.74. The number of rotatable bonds is 5. The SMILES string of the molecule is C1CCC(CN2CCC(NC3CCCC3C3COCCN3)C2)C1. The van der Waals surface area contributed by atoms with E-state index in [1.165, 1.54) is 71.0 Å². The van der Waals surface area contributed by atoms with Gasteiger partial charge in [-0.05, 0) is 50.5 Å². The molecule has 2 N–H and O–H groups in total. The summed E-state index contributed by atoms with van der Waals surface area (Å²) in [6.45, 7) is 6.81. The van der Waals surface area contributed by atoms with Crippen LogP contribution in [0.2, 0.25) is 0 Å². The van der Waals surface area contributed by atoms with Gasteiger partial charge in [-0.25, -0.2) is 0 Å². The van der Waals surface area contributed by atoms with Crippen molar-refractivity contribution in [1.82, 2.24) is 15.5 Å². The van der Waals surface area contributed by atoms with Crippen LogP contribution < -0.4 is 10.6 Å². The van der Waals surface area contributed by atoms with Gasteiger partial charge < -0.3 is 20.3 Å². The van der Waals surface area contributed by atoms with Crippen molar-refractivity contribution < 1.29 is 4.74 Å². The molecule has 2 heterocycles. The number of nitrogens with one attached hydrogen (secondary N) is 2. The van der Waals surface area contributed by atoms with Crippen molar-refractivity contribution in [2.24, 2.45) is 11.8 Å². The lowest BCUT2D eigenvalue weighted by Gasteiger charge is -2.34. The fourth-order valence-corrected chi connectivity index (χ4v) is 5.53. The van der Waals surface area contributed by atoms with Crippen LogP contribution in [0, 0.1) is 11.8 Å². The number of hydrogen-bond donors (Lipinski definition) is 2. The number of hydrogen-bond acceptors (Lipinski definition) is 4. The molecule has 4 unspecified atom stereocenters. The molecular weight excluding hydrogens is 286 g/mol. The lowest BCUT2D eigenvalue weighted by atomic mass is 9.93. The number of morpholine rings is 1. The molecule has 0 amide bonds. The minimum Gasteiger partial charge on any atom is -0.379 e. The molecular formula is C19H35N3O. The minimum absolute atomic E-state index is 0.583. The summed E-state index contributed by atoms with van der Waals surface area (Å²) in [5.74, 6) is 1.77. The van der Waals surface area contributed by atoms with Gasteiger partial charge in [0.2, 0.25) is 0 Å². The van der Waals surface area contributed by atoms with Crippen LogP contribution in [0.3, 0.4) is 0 Å². The molecule has 4 heteroatoms. The zero-order chi connectivity index (χ0) is 15.5. The largest absolute Gasteiger partial charge is 0.379 e. The molecule has 2 saturated carbocycles. The first kappa shape index (κ1) is 16.3. The van der Waals surface area contributed by atoms with Gasteiger partial charge in [-0.2, -0.15) is 0 Å². The Balaban J connectivity index is 1.24. The maximum Gasteiger partial charge on any atom is 0.0623 e. The van der Waals surface area contributed by atoms with E-state index in [9.17, 15) is 0 Å². The van der Waals surface area contributed by atoms with E-state index in [1.807, 2.05) is 0 Å². The molecule has 0 bridgehead atoms. The fraction of sp³-hybridized carbons (Fsp3) is 1.00. The molecule has 4 atom stereocenters. The molecule has 4 nitrogen and oxygen atoms in total. The Morgan fingerprint density at radius 3 is 2.78 bits per heavy atom. The summed E-state index contributed by atoms with van der Waals surface area (Å²) < 4.78 is 5.71. The highest BCUT2D eigenvalue weighted by atomic mass is 16.5. The van der Waals surface area contributed by atoms with Crippen molar-refractivity contribution >= 4 is 0 Å². The second kappa shape index (κ2) is 7.81. The molecule has 0 aromatic heterocycles. The lowest BCUT2D eigenvalue weighted by molar-refractivity contribution is 0.0517. The Kier molecular flexibility index (Phi) is 5.54. The number of likely N-dealkylation sites (tertiary alicyclic amines) is 1. The van der Waals surface area contributed by atoms with Crippen molar-refractivity contribution in [1.29, 1.82) is 0 Å². The van der Waals surface area contributed by atoms with Gasteiger partial charge in [-0.3, -0.25) is 0 Å². The Hall–Kier alpha value is -0.160. The van der Waals surface area contributed by atoms with Gasteiger partial charge in [-0.1, -0.05) is 19.3 Å². The molecule has 4 fully saturated rings. The first-order chi connectivity index (χ1) is 11.4. The predicted molar refractivity (Wildman–Crippen MR) is 93.7 cm³/mol. The Morgan fingerprint density at radius 2 is 1.96 bits per heavy atom. The average Bonchev–Trinajstić information content (AvgIpc) is 3.32. The summed E-state index contributed by atoms with van der Waals surface area (Å²) in [6.07, 6.45) is 11.4. The van der Waals surface area contributed by atoms with Crippen molar-refractivity contribution in [3.05, 3.63) is 0 Å². The van der Waals surface area contributed by atoms with Crippen LogP contribution in [0.4, 0.5) is 0 Å². The summed E-state index contributed by atoms with van der Waals surface area (Å²) in [6, 6.07) is 2.02. The van der Waals surface area contributed by atoms with Crippen LogP contribution in [-0.2, 0) is 4.74 Å². The van der Waals surface area contributed by atoms with E-state index in [0.717, 1.165) is 37.6 Å². The molecule has 2 aliphatic heterocycles. The van der Waals surface area contributed by atoms with E-state index in [2.05, 4.69) is 15.5 Å². The van der Waals surface area contributed by atoms with Crippen LogP contribution >= 0.6 is 0 Å². The topological polar surface area (TPSA) is 36.5 Å². The van der Waals surface area contributed by atoms with E-state index in [-0.39, 0.29) is 0 Å². The average molecular weight is 322 g/mol. The quantitative estimate of drug-likeness (QED) is 0.812. The number of ether oxygens (including phenoxy) is 1. The fourth-order valence-electron chi connectivity index (χ4n) is 5.53. The van der Waals surface area contributed by atoms with E-state index in [4.69, 9.17) is 4.74 Å². The second-order valence-corrected chi connectivity index (χ2v) is 8.40. The van der Waals surface area contributed by atoms with Crippen LogP contribution in [0.1, 0.15) is 51.4 Å². The molecule has 0 aromatic carbocycles. The highest BCUT2D eigenvalue weighted by molar-refractivity contribution is 4.95. The van der Waals surface area contributed by atoms with Crippen molar-refractivity contribution in [2.45, 2.75) is 69.5 Å². The smallest absolute Gasteiger partial charge is 0.0623 e. The third-order valence-electron chi connectivity index (χ3n) is 6.75. The normalized spacial score (nSPS) is 40.2. The van der Waals surface area contributed by atoms with Gasteiger partial charge in [0.25, 0.3) is 0 Å². The van der Waals surface area contributed by atoms with Crippen LogP contribution in [0.5, 0.6) is 0 Å². The Morgan fingerprint density at radius 1 is 1.04 bits per heavy atom. The lowest BCUT2D eigenvalue weighted by Crippen LogP contribution is -2.52. The summed E-state index contributed by atoms with van der Waals surface area (Å²) in [5.41, 5.74) is 0. The maximum atomic E-state index is 5.71.